The molecule has 0 atom stereocenters. The van der Waals surface area contributed by atoms with E-state index in [0.29, 0.717) is 10.1 Å². The number of nitrogens with zero attached hydrogens (tertiary/aromatic N) is 1. The van der Waals surface area contributed by atoms with Crippen LogP contribution in [0.15, 0.2) is 47.4 Å². The second-order valence-electron chi connectivity index (χ2n) is 5.44. The van der Waals surface area contributed by atoms with Crippen LogP contribution in [0.2, 0.25) is 0 Å². The van der Waals surface area contributed by atoms with E-state index in [1.165, 1.54) is 44.6 Å². The van der Waals surface area contributed by atoms with Gasteiger partial charge in [0, 0.05) is 12.6 Å². The zero-order valence-corrected chi connectivity index (χ0v) is 15.3. The molecule has 0 aliphatic carbocycles. The number of halogens is 4. The highest BCUT2D eigenvalue weighted by atomic mass is 32.2. The van der Waals surface area contributed by atoms with Crippen molar-refractivity contribution in [3.8, 4) is 11.5 Å². The third kappa shape index (κ3) is 5.03. The van der Waals surface area contributed by atoms with Crippen LogP contribution in [0.25, 0.3) is 0 Å². The molecule has 0 radical (unpaired) electrons. The predicted octanol–water partition coefficient (Wildman–Crippen LogP) is 3.99. The number of methoxy groups -OCH3 is 2. The standard InChI is InChI=1S/C17H17F4NO4S/c1-25-13-4-6-14(7-5-13)27(23,24)22(10-9-17(19,20)21)12-3-8-16(26-2)15(18)11-12/h3-8,11H,9-10H2,1-2H3. The van der Waals surface area contributed by atoms with Gasteiger partial charge in [-0.25, -0.2) is 12.8 Å². The Morgan fingerprint density at radius 1 is 1.00 bits per heavy atom. The summed E-state index contributed by atoms with van der Waals surface area (Å²) in [6.45, 7) is -0.899. The van der Waals surface area contributed by atoms with Gasteiger partial charge in [-0.2, -0.15) is 13.2 Å². The summed E-state index contributed by atoms with van der Waals surface area (Å²) in [7, 11) is -1.76. The number of benzene rings is 2. The van der Waals surface area contributed by atoms with Gasteiger partial charge in [0.2, 0.25) is 0 Å². The summed E-state index contributed by atoms with van der Waals surface area (Å²) in [5.74, 6) is -0.667. The first kappa shape index (κ1) is 20.8. The Morgan fingerprint density at radius 2 is 1.63 bits per heavy atom. The maximum Gasteiger partial charge on any atom is 0.390 e. The van der Waals surface area contributed by atoms with Gasteiger partial charge in [0.1, 0.15) is 5.75 Å². The van der Waals surface area contributed by atoms with Crippen LogP contribution in [-0.2, 0) is 10.0 Å². The second kappa shape index (κ2) is 8.03. The van der Waals surface area contributed by atoms with Crippen molar-refractivity contribution < 1.29 is 35.5 Å². The van der Waals surface area contributed by atoms with Gasteiger partial charge >= 0.3 is 6.18 Å². The van der Waals surface area contributed by atoms with Crippen molar-refractivity contribution in [3.63, 3.8) is 0 Å². The Hall–Kier alpha value is -2.49. The molecule has 0 heterocycles. The molecule has 0 bridgehead atoms. The smallest absolute Gasteiger partial charge is 0.390 e. The lowest BCUT2D eigenvalue weighted by atomic mass is 10.2. The second-order valence-corrected chi connectivity index (χ2v) is 7.30. The van der Waals surface area contributed by atoms with Crippen molar-refractivity contribution in [2.75, 3.05) is 25.1 Å². The van der Waals surface area contributed by atoms with E-state index in [9.17, 15) is 26.0 Å². The molecule has 0 aliphatic heterocycles. The number of sulfonamides is 1. The number of ether oxygens (including phenoxy) is 2. The zero-order valence-electron chi connectivity index (χ0n) is 14.5. The minimum Gasteiger partial charge on any atom is -0.497 e. The van der Waals surface area contributed by atoms with Crippen molar-refractivity contribution in [1.29, 1.82) is 0 Å². The van der Waals surface area contributed by atoms with E-state index in [0.717, 1.165) is 12.1 Å². The topological polar surface area (TPSA) is 55.8 Å². The number of hydrogen-bond acceptors (Lipinski definition) is 4. The van der Waals surface area contributed by atoms with Crippen molar-refractivity contribution >= 4 is 15.7 Å². The lowest BCUT2D eigenvalue weighted by molar-refractivity contribution is -0.131. The summed E-state index contributed by atoms with van der Waals surface area (Å²) < 4.78 is 88.0. The van der Waals surface area contributed by atoms with Gasteiger partial charge < -0.3 is 9.47 Å². The van der Waals surface area contributed by atoms with E-state index in [1.807, 2.05) is 0 Å². The molecule has 0 aliphatic rings. The first-order chi connectivity index (χ1) is 12.6. The van der Waals surface area contributed by atoms with E-state index in [4.69, 9.17) is 9.47 Å². The van der Waals surface area contributed by atoms with Gasteiger partial charge in [-0.05, 0) is 36.4 Å². The Bertz CT molecular complexity index is 883. The fourth-order valence-electron chi connectivity index (χ4n) is 2.30. The third-order valence-corrected chi connectivity index (χ3v) is 5.51. The van der Waals surface area contributed by atoms with Gasteiger partial charge in [0.25, 0.3) is 10.0 Å². The van der Waals surface area contributed by atoms with E-state index in [1.54, 1.807) is 0 Å². The van der Waals surface area contributed by atoms with E-state index in [2.05, 4.69) is 0 Å². The van der Waals surface area contributed by atoms with Crippen LogP contribution in [0.3, 0.4) is 0 Å². The molecule has 2 rings (SSSR count). The number of anilines is 1. The highest BCUT2D eigenvalue weighted by Gasteiger charge is 2.32. The predicted molar refractivity (Wildman–Crippen MR) is 91.1 cm³/mol. The average molecular weight is 407 g/mol. The van der Waals surface area contributed by atoms with Crippen molar-refractivity contribution in [2.45, 2.75) is 17.5 Å². The lowest BCUT2D eigenvalue weighted by Gasteiger charge is -2.25. The molecular formula is C17H17F4NO4S. The molecule has 0 spiro atoms. The quantitative estimate of drug-likeness (QED) is 0.652. The monoisotopic (exact) mass is 407 g/mol. The molecule has 10 heteroatoms. The van der Waals surface area contributed by atoms with Gasteiger partial charge in [0.05, 0.1) is 31.2 Å². The molecule has 0 fully saturated rings. The fourth-order valence-corrected chi connectivity index (χ4v) is 3.76. The molecule has 0 aromatic heterocycles. The summed E-state index contributed by atoms with van der Waals surface area (Å²) >= 11 is 0. The summed E-state index contributed by atoms with van der Waals surface area (Å²) in [5, 5.41) is 0. The first-order valence-electron chi connectivity index (χ1n) is 7.65. The van der Waals surface area contributed by atoms with Gasteiger partial charge in [-0.15, -0.1) is 0 Å². The molecule has 148 valence electrons. The van der Waals surface area contributed by atoms with Crippen LogP contribution in [-0.4, -0.2) is 35.4 Å². The maximum absolute atomic E-state index is 14.0. The van der Waals surface area contributed by atoms with Gasteiger partial charge in [0.15, 0.2) is 11.6 Å². The molecular weight excluding hydrogens is 390 g/mol. The van der Waals surface area contributed by atoms with E-state index in [-0.39, 0.29) is 16.3 Å². The molecule has 0 unspecified atom stereocenters. The summed E-state index contributed by atoms with van der Waals surface area (Å²) in [5.41, 5.74) is -0.242. The Balaban J connectivity index is 2.48. The average Bonchev–Trinajstić information content (AvgIpc) is 2.61. The Labute approximate surface area is 154 Å². The molecule has 5 nitrogen and oxygen atoms in total. The SMILES string of the molecule is COc1ccc(S(=O)(=O)N(CCC(F)(F)F)c2ccc(OC)c(F)c2)cc1. The van der Waals surface area contributed by atoms with Crippen LogP contribution in [0, 0.1) is 5.82 Å². The molecule has 2 aromatic carbocycles. The molecule has 2 aromatic rings. The Morgan fingerprint density at radius 3 is 2.11 bits per heavy atom. The molecule has 0 saturated heterocycles. The van der Waals surface area contributed by atoms with Crippen LogP contribution in [0.5, 0.6) is 11.5 Å². The molecule has 0 amide bonds. The van der Waals surface area contributed by atoms with Crippen molar-refractivity contribution in [3.05, 3.63) is 48.3 Å². The number of hydrogen-bond donors (Lipinski definition) is 0. The van der Waals surface area contributed by atoms with Crippen LogP contribution < -0.4 is 13.8 Å². The fraction of sp³-hybridized carbons (Fsp3) is 0.294. The maximum atomic E-state index is 14.0. The minimum atomic E-state index is -4.58. The molecule has 0 N–H and O–H groups in total. The van der Waals surface area contributed by atoms with Crippen LogP contribution in [0.1, 0.15) is 6.42 Å². The highest BCUT2D eigenvalue weighted by molar-refractivity contribution is 7.92. The highest BCUT2D eigenvalue weighted by Crippen LogP contribution is 2.31. The number of alkyl halides is 3. The summed E-state index contributed by atoms with van der Waals surface area (Å²) in [4.78, 5) is -0.248. The van der Waals surface area contributed by atoms with Crippen LogP contribution in [0.4, 0.5) is 23.2 Å². The van der Waals surface area contributed by atoms with Gasteiger partial charge in [-0.1, -0.05) is 0 Å². The Kier molecular flexibility index (Phi) is 6.19. The van der Waals surface area contributed by atoms with E-state index < -0.39 is 35.0 Å². The normalized spacial score (nSPS) is 11.9. The van der Waals surface area contributed by atoms with Gasteiger partial charge in [-0.3, -0.25) is 4.31 Å². The summed E-state index contributed by atoms with van der Waals surface area (Å²) in [6, 6.07) is 8.28. The minimum absolute atomic E-state index is 0.156. The summed E-state index contributed by atoms with van der Waals surface area (Å²) in [6.07, 6.45) is -5.98. The first-order valence-corrected chi connectivity index (χ1v) is 9.09. The zero-order chi connectivity index (χ0) is 20.2. The number of rotatable bonds is 7. The molecule has 0 saturated carbocycles. The largest absolute Gasteiger partial charge is 0.497 e. The lowest BCUT2D eigenvalue weighted by Crippen LogP contribution is -2.34. The van der Waals surface area contributed by atoms with Crippen molar-refractivity contribution in [1.82, 2.24) is 0 Å². The van der Waals surface area contributed by atoms with E-state index >= 15 is 0 Å². The molecule has 27 heavy (non-hydrogen) atoms. The van der Waals surface area contributed by atoms with Crippen LogP contribution >= 0.6 is 0 Å². The van der Waals surface area contributed by atoms with Crippen molar-refractivity contribution in [2.24, 2.45) is 0 Å². The third-order valence-electron chi connectivity index (χ3n) is 3.67.